The van der Waals surface area contributed by atoms with Crippen LogP contribution in [0.4, 0.5) is 0 Å². The second kappa shape index (κ2) is 7.58. The van der Waals surface area contributed by atoms with E-state index in [1.165, 1.54) is 19.2 Å². The summed E-state index contributed by atoms with van der Waals surface area (Å²) in [6, 6.07) is 17.0. The molecule has 3 aromatic rings. The normalized spacial score (nSPS) is 10.1. The number of pyridine rings is 1. The quantitative estimate of drug-likeness (QED) is 0.767. The number of ether oxygens (including phenoxy) is 2. The van der Waals surface area contributed by atoms with Gasteiger partial charge in [-0.1, -0.05) is 24.3 Å². The van der Waals surface area contributed by atoms with Gasteiger partial charge in [-0.2, -0.15) is 5.26 Å². The van der Waals surface area contributed by atoms with Crippen LogP contribution >= 0.6 is 0 Å². The Hall–Kier alpha value is -3.85. The summed E-state index contributed by atoms with van der Waals surface area (Å²) in [5.74, 6) is 0.312. The predicted octanol–water partition coefficient (Wildman–Crippen LogP) is 3.37. The Balaban J connectivity index is 2.34. The highest BCUT2D eigenvalue weighted by Gasteiger charge is 2.18. The van der Waals surface area contributed by atoms with E-state index in [4.69, 9.17) is 9.47 Å². The van der Waals surface area contributed by atoms with Gasteiger partial charge in [0.25, 0.3) is 0 Å². The van der Waals surface area contributed by atoms with Crippen LogP contribution in [0.3, 0.4) is 0 Å². The van der Waals surface area contributed by atoms with E-state index in [0.717, 1.165) is 5.56 Å². The number of nitrogens with zero attached hydrogens (tertiary/aromatic N) is 2. The van der Waals surface area contributed by atoms with E-state index in [1.807, 2.05) is 6.07 Å². The summed E-state index contributed by atoms with van der Waals surface area (Å²) in [6.07, 6.45) is 0. The summed E-state index contributed by atoms with van der Waals surface area (Å²) in [4.78, 5) is 16.3. The molecule has 0 unspecified atom stereocenters. The second-order valence-corrected chi connectivity index (χ2v) is 5.63. The molecule has 0 aliphatic rings. The highest BCUT2D eigenvalue weighted by Crippen LogP contribution is 2.35. The summed E-state index contributed by atoms with van der Waals surface area (Å²) in [6.45, 7) is 0. The third-order valence-corrected chi connectivity index (χ3v) is 4.06. The molecule has 0 spiro atoms. The number of hydrogen-bond donors (Lipinski definition) is 1. The highest BCUT2D eigenvalue weighted by molar-refractivity contribution is 5.79. The van der Waals surface area contributed by atoms with Gasteiger partial charge in [0.1, 0.15) is 17.4 Å². The Morgan fingerprint density at radius 3 is 2.48 bits per heavy atom. The van der Waals surface area contributed by atoms with Gasteiger partial charge in [0, 0.05) is 11.1 Å². The number of nitriles is 1. The zero-order valence-corrected chi connectivity index (χ0v) is 14.8. The van der Waals surface area contributed by atoms with Crippen molar-refractivity contribution in [2.45, 2.75) is 0 Å². The number of aromatic hydroxyl groups is 1. The van der Waals surface area contributed by atoms with Crippen LogP contribution in [0.1, 0.15) is 5.56 Å². The van der Waals surface area contributed by atoms with Gasteiger partial charge in [0.15, 0.2) is 5.75 Å². The summed E-state index contributed by atoms with van der Waals surface area (Å²) < 4.78 is 10.5. The minimum absolute atomic E-state index is 0.103. The lowest BCUT2D eigenvalue weighted by Crippen LogP contribution is -2.00. The molecule has 0 fully saturated rings. The molecule has 0 aliphatic carbocycles. The zero-order valence-electron chi connectivity index (χ0n) is 14.8. The lowest BCUT2D eigenvalue weighted by Gasteiger charge is -2.12. The van der Waals surface area contributed by atoms with Crippen molar-refractivity contribution in [3.8, 4) is 45.8 Å². The maximum absolute atomic E-state index is 12.0. The van der Waals surface area contributed by atoms with E-state index in [1.54, 1.807) is 43.5 Å². The molecule has 2 aromatic carbocycles. The van der Waals surface area contributed by atoms with Gasteiger partial charge in [0.2, 0.25) is 11.3 Å². The molecule has 0 aliphatic heterocycles. The molecule has 0 saturated carbocycles. The van der Waals surface area contributed by atoms with Crippen LogP contribution in [0.2, 0.25) is 0 Å². The number of benzene rings is 1. The van der Waals surface area contributed by atoms with Crippen LogP contribution in [0.25, 0.3) is 22.4 Å². The Labute approximate surface area is 155 Å². The van der Waals surface area contributed by atoms with Crippen LogP contribution in [0.5, 0.6) is 17.4 Å². The summed E-state index contributed by atoms with van der Waals surface area (Å²) in [5, 5.41) is 19.9. The Morgan fingerprint density at radius 1 is 1.00 bits per heavy atom. The van der Waals surface area contributed by atoms with Gasteiger partial charge >= 0.3 is 0 Å². The minimum Gasteiger partial charge on any atom is -0.504 e. The predicted molar refractivity (Wildman–Crippen MR) is 101 cm³/mol. The topological polar surface area (TPSA) is 92.4 Å². The van der Waals surface area contributed by atoms with E-state index >= 15 is 0 Å². The molecule has 6 heteroatoms. The number of methoxy groups -OCH3 is 2. The van der Waals surface area contributed by atoms with Gasteiger partial charge in [-0.3, -0.25) is 4.79 Å². The maximum Gasteiger partial charge on any atom is 0.232 e. The fourth-order valence-corrected chi connectivity index (χ4v) is 2.73. The van der Waals surface area contributed by atoms with Gasteiger partial charge in [-0.25, -0.2) is 4.98 Å². The first-order valence-corrected chi connectivity index (χ1v) is 8.05. The summed E-state index contributed by atoms with van der Waals surface area (Å²) >= 11 is 0. The molecule has 3 rings (SSSR count). The third kappa shape index (κ3) is 3.44. The molecule has 134 valence electrons. The zero-order chi connectivity index (χ0) is 19.4. The molecular formula is C21H16N2O4. The molecule has 27 heavy (non-hydrogen) atoms. The van der Waals surface area contributed by atoms with Crippen LogP contribution in [0, 0.1) is 11.3 Å². The highest BCUT2D eigenvalue weighted by atomic mass is 16.5. The van der Waals surface area contributed by atoms with E-state index in [9.17, 15) is 15.2 Å². The number of rotatable bonds is 4. The third-order valence-electron chi connectivity index (χ3n) is 4.06. The first-order chi connectivity index (χ1) is 13.1. The van der Waals surface area contributed by atoms with Crippen LogP contribution in [-0.4, -0.2) is 24.3 Å². The molecular weight excluding hydrogens is 344 g/mol. The van der Waals surface area contributed by atoms with Crippen LogP contribution in [-0.2, 0) is 0 Å². The van der Waals surface area contributed by atoms with Crippen molar-refractivity contribution in [1.29, 1.82) is 5.26 Å². The van der Waals surface area contributed by atoms with Crippen molar-refractivity contribution in [3.63, 3.8) is 0 Å². The minimum atomic E-state index is -0.525. The van der Waals surface area contributed by atoms with Crippen molar-refractivity contribution in [3.05, 3.63) is 70.4 Å². The van der Waals surface area contributed by atoms with E-state index in [0.29, 0.717) is 17.0 Å². The smallest absolute Gasteiger partial charge is 0.232 e. The molecule has 0 amide bonds. The molecule has 1 aromatic heterocycles. The maximum atomic E-state index is 12.0. The van der Waals surface area contributed by atoms with Crippen molar-refractivity contribution < 1.29 is 14.6 Å². The second-order valence-electron chi connectivity index (χ2n) is 5.63. The lowest BCUT2D eigenvalue weighted by atomic mass is 9.98. The van der Waals surface area contributed by atoms with E-state index in [-0.39, 0.29) is 17.0 Å². The molecule has 1 heterocycles. The molecule has 6 nitrogen and oxygen atoms in total. The van der Waals surface area contributed by atoms with Crippen molar-refractivity contribution in [2.75, 3.05) is 14.2 Å². The Bertz CT molecular complexity index is 1100. The molecule has 1 N–H and O–H groups in total. The fraction of sp³-hybridized carbons (Fsp3) is 0.0952. The Morgan fingerprint density at radius 2 is 1.78 bits per heavy atom. The molecule has 0 saturated heterocycles. The Kier molecular flexibility index (Phi) is 5.04. The van der Waals surface area contributed by atoms with E-state index < -0.39 is 11.2 Å². The average Bonchev–Trinajstić information content (AvgIpc) is 2.88. The van der Waals surface area contributed by atoms with Gasteiger partial charge < -0.3 is 14.6 Å². The SMILES string of the molecule is COc1cccc(-c2cc(-c3ccccc(=O)c3O)nc(OC)c2C#N)c1. The molecule has 0 radical (unpaired) electrons. The molecule has 0 bridgehead atoms. The standard InChI is InChI=1S/C21H16N2O4/c1-26-14-7-5-6-13(10-14)16-11-18(23-21(27-2)17(16)12-22)15-8-3-4-9-19(24)20(15)25/h3-11H,1-2H3,(H,24,25). The first-order valence-electron chi connectivity index (χ1n) is 8.05. The van der Waals surface area contributed by atoms with Crippen molar-refractivity contribution in [2.24, 2.45) is 0 Å². The first kappa shape index (κ1) is 18.0. The largest absolute Gasteiger partial charge is 0.504 e. The van der Waals surface area contributed by atoms with Crippen molar-refractivity contribution in [1.82, 2.24) is 4.98 Å². The number of hydrogen-bond acceptors (Lipinski definition) is 6. The average molecular weight is 360 g/mol. The van der Waals surface area contributed by atoms with Crippen molar-refractivity contribution >= 4 is 0 Å². The molecule has 0 atom stereocenters. The van der Waals surface area contributed by atoms with Gasteiger partial charge in [0.05, 0.1) is 19.9 Å². The van der Waals surface area contributed by atoms with Gasteiger partial charge in [-0.15, -0.1) is 0 Å². The van der Waals surface area contributed by atoms with Gasteiger partial charge in [-0.05, 0) is 35.9 Å². The monoisotopic (exact) mass is 360 g/mol. The number of aromatic nitrogens is 1. The summed E-state index contributed by atoms with van der Waals surface area (Å²) in [7, 11) is 2.97. The summed E-state index contributed by atoms with van der Waals surface area (Å²) in [5.41, 5.74) is 1.55. The fourth-order valence-electron chi connectivity index (χ4n) is 2.73. The van der Waals surface area contributed by atoms with Crippen LogP contribution < -0.4 is 14.9 Å². The lowest BCUT2D eigenvalue weighted by molar-refractivity contribution is 0.397. The van der Waals surface area contributed by atoms with Crippen LogP contribution in [0.15, 0.2) is 59.4 Å². The van der Waals surface area contributed by atoms with E-state index in [2.05, 4.69) is 11.1 Å².